The van der Waals surface area contributed by atoms with E-state index in [-0.39, 0.29) is 5.76 Å². The first-order chi connectivity index (χ1) is 13.4. The average molecular weight is 441 g/mol. The lowest BCUT2D eigenvalue weighted by atomic mass is 9.96. The van der Waals surface area contributed by atoms with Crippen molar-refractivity contribution in [1.82, 2.24) is 0 Å². The number of carbonyl (C=O) groups excluding carboxylic acids is 3. The van der Waals surface area contributed by atoms with Crippen molar-refractivity contribution in [1.29, 1.82) is 0 Å². The lowest BCUT2D eigenvalue weighted by Gasteiger charge is -2.15. The van der Waals surface area contributed by atoms with Gasteiger partial charge in [0.1, 0.15) is 18.1 Å². The van der Waals surface area contributed by atoms with E-state index in [9.17, 15) is 14.4 Å². The van der Waals surface area contributed by atoms with E-state index in [0.29, 0.717) is 17.9 Å². The van der Waals surface area contributed by atoms with Crippen LogP contribution in [0.5, 0.6) is 5.75 Å². The highest BCUT2D eigenvalue weighted by Crippen LogP contribution is 2.26. The molecule has 6 heteroatoms. The first kappa shape index (κ1) is 19.8. The summed E-state index contributed by atoms with van der Waals surface area (Å²) < 4.78 is 11.6. The van der Waals surface area contributed by atoms with Gasteiger partial charge in [0.15, 0.2) is 17.5 Å². The molecule has 0 radical (unpaired) electrons. The molecule has 1 unspecified atom stereocenters. The van der Waals surface area contributed by atoms with E-state index < -0.39 is 23.5 Å². The van der Waals surface area contributed by atoms with E-state index >= 15 is 0 Å². The second-order valence-electron chi connectivity index (χ2n) is 6.20. The molecule has 2 aromatic rings. The van der Waals surface area contributed by atoms with Crippen LogP contribution in [0.1, 0.15) is 18.1 Å². The molecular weight excluding hydrogens is 424 g/mol. The monoisotopic (exact) mass is 440 g/mol. The molecule has 0 N–H and O–H groups in total. The van der Waals surface area contributed by atoms with E-state index in [2.05, 4.69) is 15.9 Å². The lowest BCUT2D eigenvalue weighted by molar-refractivity contribution is -0.151. The van der Waals surface area contributed by atoms with Crippen molar-refractivity contribution >= 4 is 39.5 Å². The van der Waals surface area contributed by atoms with Crippen LogP contribution in [0.15, 0.2) is 70.9 Å². The maximum atomic E-state index is 12.4. The molecule has 0 saturated carbocycles. The van der Waals surface area contributed by atoms with E-state index in [1.54, 1.807) is 12.1 Å². The van der Waals surface area contributed by atoms with Crippen LogP contribution >= 0.6 is 15.9 Å². The predicted molar refractivity (Wildman–Crippen MR) is 107 cm³/mol. The molecule has 0 fully saturated rings. The molecule has 0 spiro atoms. The largest absolute Gasteiger partial charge is 0.488 e. The van der Waals surface area contributed by atoms with Gasteiger partial charge in [-0.15, -0.1) is 0 Å². The smallest absolute Gasteiger partial charge is 0.329 e. The minimum atomic E-state index is -1.46. The number of carbonyl (C=O) groups is 3. The molecule has 28 heavy (non-hydrogen) atoms. The molecule has 0 aliphatic carbocycles. The van der Waals surface area contributed by atoms with Crippen molar-refractivity contribution in [3.8, 4) is 5.75 Å². The van der Waals surface area contributed by atoms with Crippen molar-refractivity contribution in [2.75, 3.05) is 0 Å². The number of hydrogen-bond donors (Lipinski definition) is 0. The van der Waals surface area contributed by atoms with Gasteiger partial charge in [0.25, 0.3) is 0 Å². The Morgan fingerprint density at radius 2 is 1.93 bits per heavy atom. The summed E-state index contributed by atoms with van der Waals surface area (Å²) in [6.45, 7) is 1.86. The zero-order valence-electron chi connectivity index (χ0n) is 15.1. The zero-order chi connectivity index (χ0) is 20.1. The van der Waals surface area contributed by atoms with Crippen LogP contribution in [0, 0.1) is 5.92 Å². The molecule has 1 atom stereocenters. The third-order valence-electron chi connectivity index (χ3n) is 4.05. The number of rotatable bonds is 6. The summed E-state index contributed by atoms with van der Waals surface area (Å²) in [6, 6.07) is 15.1. The second-order valence-corrected chi connectivity index (χ2v) is 7.12. The molecule has 142 valence electrons. The summed E-state index contributed by atoms with van der Waals surface area (Å²) in [5, 5.41) is 0. The predicted octanol–water partition coefficient (Wildman–Crippen LogP) is 4.26. The molecule has 0 saturated heterocycles. The van der Waals surface area contributed by atoms with Gasteiger partial charge in [-0.1, -0.05) is 46.3 Å². The molecule has 0 bridgehead atoms. The number of ketones is 2. The van der Waals surface area contributed by atoms with Gasteiger partial charge in [0, 0.05) is 16.1 Å². The molecule has 5 nitrogen and oxygen atoms in total. The number of cyclic esters (lactones) is 1. The highest BCUT2D eigenvalue weighted by molar-refractivity contribution is 9.10. The fraction of sp³-hybridized carbons (Fsp3) is 0.136. The Hall–Kier alpha value is -2.99. The molecule has 1 aliphatic heterocycles. The van der Waals surface area contributed by atoms with Crippen LogP contribution in [0.4, 0.5) is 0 Å². The van der Waals surface area contributed by atoms with E-state index in [4.69, 9.17) is 9.47 Å². The molecule has 1 heterocycles. The molecule has 0 amide bonds. The van der Waals surface area contributed by atoms with Gasteiger partial charge in [-0.3, -0.25) is 14.4 Å². The summed E-state index contributed by atoms with van der Waals surface area (Å²) >= 11 is 3.39. The average Bonchev–Trinajstić information content (AvgIpc) is 2.65. The number of ether oxygens (including phenoxy) is 2. The fourth-order valence-electron chi connectivity index (χ4n) is 2.69. The Kier molecular flexibility index (Phi) is 6.21. The van der Waals surface area contributed by atoms with Crippen molar-refractivity contribution < 1.29 is 23.9 Å². The third-order valence-corrected chi connectivity index (χ3v) is 4.54. The van der Waals surface area contributed by atoms with Crippen LogP contribution in [0.2, 0.25) is 0 Å². The van der Waals surface area contributed by atoms with Crippen LogP contribution in [0.3, 0.4) is 0 Å². The zero-order valence-corrected chi connectivity index (χ0v) is 16.6. The Balaban J connectivity index is 1.77. The number of halogens is 1. The molecule has 2 aromatic carbocycles. The van der Waals surface area contributed by atoms with E-state index in [1.807, 2.05) is 36.4 Å². The summed E-state index contributed by atoms with van der Waals surface area (Å²) in [7, 11) is 0. The number of esters is 1. The van der Waals surface area contributed by atoms with Crippen molar-refractivity contribution in [2.24, 2.45) is 5.92 Å². The van der Waals surface area contributed by atoms with Gasteiger partial charge in [-0.05, 0) is 42.8 Å². The summed E-state index contributed by atoms with van der Waals surface area (Å²) in [5.74, 6) is -2.75. The summed E-state index contributed by atoms with van der Waals surface area (Å²) in [4.78, 5) is 36.2. The SMILES string of the molecule is CC1=CC(=O)C(C(=O)/C=C/c2cc(Br)ccc2OCc2ccccc2)C(=O)O1. The second kappa shape index (κ2) is 8.80. The van der Waals surface area contributed by atoms with Gasteiger partial charge in [0.05, 0.1) is 0 Å². The van der Waals surface area contributed by atoms with Gasteiger partial charge < -0.3 is 9.47 Å². The highest BCUT2D eigenvalue weighted by Gasteiger charge is 2.36. The van der Waals surface area contributed by atoms with E-state index in [1.165, 1.54) is 19.1 Å². The number of allylic oxidation sites excluding steroid dienone is 3. The normalized spacial score (nSPS) is 16.6. The van der Waals surface area contributed by atoms with Crippen LogP contribution in [0.25, 0.3) is 6.08 Å². The van der Waals surface area contributed by atoms with Crippen LogP contribution < -0.4 is 4.74 Å². The standard InChI is InChI=1S/C22H17BrO5/c1-14-11-19(25)21(22(26)28-14)18(24)9-7-16-12-17(23)8-10-20(16)27-13-15-5-3-2-4-6-15/h2-12,21H,13H2,1H3/b9-7+. The van der Waals surface area contributed by atoms with Gasteiger partial charge in [0.2, 0.25) is 0 Å². The quantitative estimate of drug-likeness (QED) is 0.381. The lowest BCUT2D eigenvalue weighted by Crippen LogP contribution is -2.34. The molecule has 0 aromatic heterocycles. The molecule has 1 aliphatic rings. The van der Waals surface area contributed by atoms with Crippen molar-refractivity contribution in [3.63, 3.8) is 0 Å². The van der Waals surface area contributed by atoms with Crippen LogP contribution in [-0.4, -0.2) is 17.5 Å². The maximum absolute atomic E-state index is 12.4. The Bertz CT molecular complexity index is 976. The Morgan fingerprint density at radius 1 is 1.18 bits per heavy atom. The summed E-state index contributed by atoms with van der Waals surface area (Å²) in [5.41, 5.74) is 1.65. The Labute approximate surface area is 170 Å². The highest BCUT2D eigenvalue weighted by atomic mass is 79.9. The van der Waals surface area contributed by atoms with E-state index in [0.717, 1.165) is 16.1 Å². The first-order valence-electron chi connectivity index (χ1n) is 8.56. The van der Waals surface area contributed by atoms with Crippen molar-refractivity contribution in [3.05, 3.63) is 82.0 Å². The minimum absolute atomic E-state index is 0.187. The maximum Gasteiger partial charge on any atom is 0.329 e. The number of benzene rings is 2. The fourth-order valence-corrected chi connectivity index (χ4v) is 3.07. The number of hydrogen-bond acceptors (Lipinski definition) is 5. The third kappa shape index (κ3) is 4.84. The van der Waals surface area contributed by atoms with Gasteiger partial charge in [-0.2, -0.15) is 0 Å². The summed E-state index contributed by atoms with van der Waals surface area (Å²) in [6.07, 6.45) is 3.89. The molecular formula is C22H17BrO5. The molecule has 3 rings (SSSR count). The first-order valence-corrected chi connectivity index (χ1v) is 9.35. The van der Waals surface area contributed by atoms with Crippen LogP contribution in [-0.2, 0) is 25.7 Å². The Morgan fingerprint density at radius 3 is 2.64 bits per heavy atom. The van der Waals surface area contributed by atoms with Crippen molar-refractivity contribution in [2.45, 2.75) is 13.5 Å². The van der Waals surface area contributed by atoms with Gasteiger partial charge in [-0.25, -0.2) is 0 Å². The topological polar surface area (TPSA) is 69.7 Å². The van der Waals surface area contributed by atoms with Gasteiger partial charge >= 0.3 is 5.97 Å². The minimum Gasteiger partial charge on any atom is -0.488 e.